The maximum atomic E-state index is 8.07. The number of pyridine rings is 4. The van der Waals surface area contributed by atoms with Gasteiger partial charge in [-0.1, -0.05) is 55.5 Å². The standard InChI is InChI=1S/C23H18N3O.C14H16NSi.Ir/c1-12-9-19(24-11-13(12)2)17-10-14(3)25-21-20-15(4)26-18-8-6-5-7-16(18)22(20)27-23(17)21;1-16(2,3)13-9-10-14(15-11-13)12-7-5-4-6-8-12;/h5-9,11H,1-4H3;4-7,9-11H,1-3H3;/q2*-1;/i1D3,2D3,3D3,4D3;;. The third kappa shape index (κ3) is 6.13. The van der Waals surface area contributed by atoms with Gasteiger partial charge in [-0.2, -0.15) is 0 Å². The van der Waals surface area contributed by atoms with E-state index in [-0.39, 0.29) is 59.1 Å². The molecule has 44 heavy (non-hydrogen) atoms. The van der Waals surface area contributed by atoms with Gasteiger partial charge in [-0.15, -0.1) is 47.5 Å². The molecule has 0 aliphatic rings. The Hall–Kier alpha value is -4.03. The second-order valence-electron chi connectivity index (χ2n) is 11.0. The second-order valence-corrected chi connectivity index (χ2v) is 16.1. The van der Waals surface area contributed by atoms with Gasteiger partial charge >= 0.3 is 0 Å². The van der Waals surface area contributed by atoms with Crippen LogP contribution in [0.1, 0.15) is 39.0 Å². The molecule has 0 aliphatic carbocycles. The van der Waals surface area contributed by atoms with Gasteiger partial charge in [0.2, 0.25) is 0 Å². The Morgan fingerprint density at radius 2 is 1.61 bits per heavy atom. The molecule has 7 aromatic rings. The third-order valence-corrected chi connectivity index (χ3v) is 9.00. The molecule has 223 valence electrons. The van der Waals surface area contributed by atoms with E-state index in [1.54, 1.807) is 24.3 Å². The molecule has 0 atom stereocenters. The van der Waals surface area contributed by atoms with Gasteiger partial charge in [0.15, 0.2) is 0 Å². The molecule has 0 spiro atoms. The first-order valence-electron chi connectivity index (χ1n) is 19.5. The molecule has 5 heterocycles. The summed E-state index contributed by atoms with van der Waals surface area (Å²) in [5.74, 6) is 0. The van der Waals surface area contributed by atoms with Crippen LogP contribution in [0.4, 0.5) is 0 Å². The van der Waals surface area contributed by atoms with Crippen LogP contribution in [0.15, 0.2) is 83.5 Å². The SMILES string of the molecule is C[Si](C)(C)c1ccc(-c2[c-]cccc2)nc1.[2H]C([2H])([2H])c1[c-]c(-c2cc(C([2H])([2H])[2H])c(C([2H])([2H])[2H])cn2)c2oc3c4ccccc4nc(C([2H])([2H])[2H])c3c2n1.[Ir]. The van der Waals surface area contributed by atoms with E-state index < -0.39 is 52.3 Å². The van der Waals surface area contributed by atoms with E-state index in [1.807, 2.05) is 30.5 Å². The molecular formula is C37H34IrN4OSi-2. The van der Waals surface area contributed by atoms with Crippen molar-refractivity contribution in [2.24, 2.45) is 0 Å². The predicted molar refractivity (Wildman–Crippen MR) is 179 cm³/mol. The molecule has 2 aromatic carbocycles. The van der Waals surface area contributed by atoms with Crippen LogP contribution >= 0.6 is 0 Å². The number of furan rings is 1. The Bertz CT molecular complexity index is 2530. The largest absolute Gasteiger partial charge is 0.512 e. The molecule has 7 rings (SSSR count). The van der Waals surface area contributed by atoms with Crippen molar-refractivity contribution in [2.45, 2.75) is 47.0 Å². The minimum Gasteiger partial charge on any atom is -0.512 e. The Morgan fingerprint density at radius 3 is 2.32 bits per heavy atom. The number of nitrogens with zero attached hydrogens (tertiary/aromatic N) is 4. The monoisotopic (exact) mass is 783 g/mol. The Morgan fingerprint density at radius 1 is 0.795 bits per heavy atom. The molecule has 0 unspecified atom stereocenters. The molecule has 5 aromatic heterocycles. The number of para-hydroxylation sites is 1. The number of rotatable bonds is 3. The number of aryl methyl sites for hydroxylation is 4. The molecule has 5 nitrogen and oxygen atoms in total. The molecule has 0 amide bonds. The summed E-state index contributed by atoms with van der Waals surface area (Å²) in [5, 5.41) is 1.81. The summed E-state index contributed by atoms with van der Waals surface area (Å²) >= 11 is 0. The number of hydrogen-bond donors (Lipinski definition) is 0. The average Bonchev–Trinajstić information content (AvgIpc) is 3.49. The topological polar surface area (TPSA) is 64.7 Å². The first-order chi connectivity index (χ1) is 25.4. The summed E-state index contributed by atoms with van der Waals surface area (Å²) in [4.78, 5) is 17.2. The summed E-state index contributed by atoms with van der Waals surface area (Å²) in [6.45, 7) is -4.16. The third-order valence-electron chi connectivity index (χ3n) is 6.97. The summed E-state index contributed by atoms with van der Waals surface area (Å²) in [5.41, 5.74) is 0.0720. The summed E-state index contributed by atoms with van der Waals surface area (Å²) in [6, 6.07) is 25.7. The first-order valence-corrected chi connectivity index (χ1v) is 17.0. The molecular weight excluding hydrogens is 737 g/mol. The van der Waals surface area contributed by atoms with Crippen LogP contribution in [0.5, 0.6) is 0 Å². The van der Waals surface area contributed by atoms with E-state index in [1.165, 1.54) is 5.19 Å². The van der Waals surface area contributed by atoms with Gasteiger partial charge in [-0.25, -0.2) is 0 Å². The van der Waals surface area contributed by atoms with Gasteiger partial charge in [0.05, 0.1) is 35.8 Å². The Labute approximate surface area is 290 Å². The number of aromatic nitrogens is 4. The minimum atomic E-state index is -2.84. The normalized spacial score (nSPS) is 16.5. The van der Waals surface area contributed by atoms with E-state index in [9.17, 15) is 0 Å². The molecule has 0 N–H and O–H groups in total. The Kier molecular flexibility index (Phi) is 5.51. The molecule has 0 bridgehead atoms. The van der Waals surface area contributed by atoms with Gasteiger partial charge in [0, 0.05) is 54.3 Å². The number of benzene rings is 2. The van der Waals surface area contributed by atoms with Crippen LogP contribution in [-0.4, -0.2) is 28.0 Å². The second kappa shape index (κ2) is 12.5. The fourth-order valence-electron chi connectivity index (χ4n) is 4.68. The van der Waals surface area contributed by atoms with Gasteiger partial charge in [-0.3, -0.25) is 9.97 Å². The zero-order valence-electron chi connectivity index (χ0n) is 36.0. The molecule has 7 heteroatoms. The summed E-state index contributed by atoms with van der Waals surface area (Å²) in [7, 11) is -1.23. The fourth-order valence-corrected chi connectivity index (χ4v) is 5.72. The maximum absolute atomic E-state index is 8.07. The first kappa shape index (κ1) is 19.4. The average molecular weight is 783 g/mol. The van der Waals surface area contributed by atoms with Crippen LogP contribution in [-0.2, 0) is 20.1 Å². The van der Waals surface area contributed by atoms with Crippen molar-refractivity contribution in [2.75, 3.05) is 0 Å². The van der Waals surface area contributed by atoms with Crippen molar-refractivity contribution in [3.8, 4) is 22.5 Å². The van der Waals surface area contributed by atoms with Gasteiger partial charge in [0.25, 0.3) is 0 Å². The molecule has 0 fully saturated rings. The van der Waals surface area contributed by atoms with E-state index in [0.717, 1.165) is 23.5 Å². The summed E-state index contributed by atoms with van der Waals surface area (Å²) in [6.07, 6.45) is 2.91. The van der Waals surface area contributed by atoms with Crippen molar-refractivity contribution in [3.63, 3.8) is 0 Å². The Balaban J connectivity index is 0.000000295. The minimum absolute atomic E-state index is 0. The van der Waals surface area contributed by atoms with Crippen molar-refractivity contribution >= 4 is 46.2 Å². The zero-order valence-corrected chi connectivity index (χ0v) is 27.4. The zero-order chi connectivity index (χ0) is 40.3. The molecule has 0 aliphatic heterocycles. The maximum Gasteiger partial charge on any atom is 0.130 e. The van der Waals surface area contributed by atoms with Crippen LogP contribution in [0, 0.1) is 39.5 Å². The summed E-state index contributed by atoms with van der Waals surface area (Å²) < 4.78 is 101. The van der Waals surface area contributed by atoms with Crippen molar-refractivity contribution in [1.82, 2.24) is 19.9 Å². The van der Waals surface area contributed by atoms with E-state index in [4.69, 9.17) is 20.9 Å². The van der Waals surface area contributed by atoms with Crippen LogP contribution in [0.2, 0.25) is 19.6 Å². The molecule has 0 saturated heterocycles. The van der Waals surface area contributed by atoms with Crippen molar-refractivity contribution in [3.05, 3.63) is 114 Å². The van der Waals surface area contributed by atoms with Crippen molar-refractivity contribution in [1.29, 1.82) is 0 Å². The van der Waals surface area contributed by atoms with Crippen LogP contribution in [0.3, 0.4) is 0 Å². The van der Waals surface area contributed by atoms with Crippen molar-refractivity contribution < 1.29 is 41.0 Å². The van der Waals surface area contributed by atoms with E-state index in [2.05, 4.69) is 63.8 Å². The fraction of sp³-hybridized carbons (Fsp3) is 0.189. The quantitative estimate of drug-likeness (QED) is 0.133. The van der Waals surface area contributed by atoms with E-state index in [0.29, 0.717) is 10.9 Å². The molecule has 0 saturated carbocycles. The van der Waals surface area contributed by atoms with Crippen LogP contribution < -0.4 is 5.19 Å². The van der Waals surface area contributed by atoms with Gasteiger partial charge in [-0.05, 0) is 67.4 Å². The van der Waals surface area contributed by atoms with Gasteiger partial charge in [0.1, 0.15) is 5.58 Å². The predicted octanol–water partition coefficient (Wildman–Crippen LogP) is 8.72. The number of hydrogen-bond acceptors (Lipinski definition) is 5. The van der Waals surface area contributed by atoms with E-state index >= 15 is 0 Å². The smallest absolute Gasteiger partial charge is 0.130 e. The molecule has 1 radical (unpaired) electrons. The van der Waals surface area contributed by atoms with Crippen LogP contribution in [0.25, 0.3) is 55.5 Å². The number of fused-ring (bicyclic) bond motifs is 5. The van der Waals surface area contributed by atoms with Gasteiger partial charge < -0.3 is 14.4 Å².